The highest BCUT2D eigenvalue weighted by molar-refractivity contribution is 7.85. The summed E-state index contributed by atoms with van der Waals surface area (Å²) >= 11 is 0. The second-order valence-electron chi connectivity index (χ2n) is 4.13. The normalized spacial score (nSPS) is 14.6. The van der Waals surface area contributed by atoms with Gasteiger partial charge in [0.15, 0.2) is 0 Å². The summed E-state index contributed by atoms with van der Waals surface area (Å²) in [6.07, 6.45) is -1.45. The quantitative estimate of drug-likeness (QED) is 0.422. The Morgan fingerprint density at radius 1 is 1.44 bits per heavy atom. The van der Waals surface area contributed by atoms with Gasteiger partial charge in [-0.1, -0.05) is 13.8 Å². The van der Waals surface area contributed by atoms with Gasteiger partial charge in [0, 0.05) is 12.0 Å². The molecule has 0 aromatic heterocycles. The first kappa shape index (κ1) is 15.3. The first-order valence-electron chi connectivity index (χ1n) is 4.62. The van der Waals surface area contributed by atoms with Crippen LogP contribution in [0.15, 0.2) is 0 Å². The van der Waals surface area contributed by atoms with Crippen molar-refractivity contribution in [2.75, 3.05) is 18.9 Å². The smallest absolute Gasteiger partial charge is 0.266 e. The monoisotopic (exact) mass is 255 g/mol. The van der Waals surface area contributed by atoms with Crippen LogP contribution >= 0.6 is 0 Å². The van der Waals surface area contributed by atoms with Gasteiger partial charge in [-0.2, -0.15) is 8.42 Å². The van der Waals surface area contributed by atoms with E-state index in [9.17, 15) is 18.3 Å². The number of hydrogen-bond acceptors (Lipinski definition) is 5. The Kier molecular flexibility index (Phi) is 5.33. The number of carbonyl (C=O) groups is 1. The van der Waals surface area contributed by atoms with E-state index < -0.39 is 33.3 Å². The van der Waals surface area contributed by atoms with Gasteiger partial charge in [0.2, 0.25) is 5.91 Å². The summed E-state index contributed by atoms with van der Waals surface area (Å²) in [6.45, 7) is 2.29. The van der Waals surface area contributed by atoms with Crippen LogP contribution in [0.4, 0.5) is 0 Å². The Hall–Kier alpha value is -0.700. The third kappa shape index (κ3) is 5.40. The molecule has 0 aliphatic rings. The fourth-order valence-corrected chi connectivity index (χ4v) is 1.20. The zero-order chi connectivity index (χ0) is 13.0. The highest BCUT2D eigenvalue weighted by Gasteiger charge is 2.32. The van der Waals surface area contributed by atoms with Gasteiger partial charge >= 0.3 is 0 Å². The molecule has 0 fully saturated rings. The summed E-state index contributed by atoms with van der Waals surface area (Å²) in [5.74, 6) is -1.41. The standard InChI is InChI=1S/C8H17NO6S/c1-8(2,5-10)6(11)7(12)9-3-4-16(13,14)15/h6,10-11H,3-5H2,1-2H3,(H,9,12)(H,13,14,15). The highest BCUT2D eigenvalue weighted by Crippen LogP contribution is 2.19. The largest absolute Gasteiger partial charge is 0.396 e. The zero-order valence-electron chi connectivity index (χ0n) is 9.17. The predicted octanol–water partition coefficient (Wildman–Crippen LogP) is -1.63. The second-order valence-corrected chi connectivity index (χ2v) is 5.70. The molecular weight excluding hydrogens is 238 g/mol. The number of nitrogens with one attached hydrogen (secondary N) is 1. The van der Waals surface area contributed by atoms with Crippen molar-refractivity contribution in [3.05, 3.63) is 0 Å². The van der Waals surface area contributed by atoms with Gasteiger partial charge in [-0.25, -0.2) is 0 Å². The van der Waals surface area contributed by atoms with Crippen LogP contribution < -0.4 is 5.32 Å². The van der Waals surface area contributed by atoms with E-state index in [4.69, 9.17) is 9.66 Å². The Labute approximate surface area is 94.2 Å². The molecule has 96 valence electrons. The van der Waals surface area contributed by atoms with Crippen LogP contribution in [-0.4, -0.2) is 54.1 Å². The van der Waals surface area contributed by atoms with Crippen molar-refractivity contribution in [3.8, 4) is 0 Å². The molecule has 0 rings (SSSR count). The molecule has 1 unspecified atom stereocenters. The Morgan fingerprint density at radius 3 is 2.31 bits per heavy atom. The van der Waals surface area contributed by atoms with Crippen molar-refractivity contribution >= 4 is 16.0 Å². The minimum atomic E-state index is -4.13. The van der Waals surface area contributed by atoms with Crippen molar-refractivity contribution in [1.82, 2.24) is 5.32 Å². The molecule has 0 heterocycles. The number of carbonyl (C=O) groups excluding carboxylic acids is 1. The summed E-state index contributed by atoms with van der Waals surface area (Å²) in [5.41, 5.74) is -1.01. The van der Waals surface area contributed by atoms with Crippen LogP contribution in [0.2, 0.25) is 0 Å². The Bertz CT molecular complexity index is 336. The van der Waals surface area contributed by atoms with Crippen LogP contribution in [-0.2, 0) is 14.9 Å². The first-order chi connectivity index (χ1) is 7.10. The minimum absolute atomic E-state index is 0.295. The second kappa shape index (κ2) is 5.58. The fourth-order valence-electron chi connectivity index (χ4n) is 0.841. The molecule has 16 heavy (non-hydrogen) atoms. The van der Waals surface area contributed by atoms with E-state index in [1.165, 1.54) is 13.8 Å². The summed E-state index contributed by atoms with van der Waals surface area (Å²) < 4.78 is 29.1. The topological polar surface area (TPSA) is 124 Å². The Balaban J connectivity index is 4.18. The third-order valence-corrected chi connectivity index (χ3v) is 2.78. The molecule has 0 aromatic carbocycles. The lowest BCUT2D eigenvalue weighted by molar-refractivity contribution is -0.136. The van der Waals surface area contributed by atoms with Crippen LogP contribution in [0.3, 0.4) is 0 Å². The molecule has 0 saturated heterocycles. The molecule has 0 radical (unpaired) electrons. The molecule has 0 bridgehead atoms. The van der Waals surface area contributed by atoms with Crippen LogP contribution in [0.5, 0.6) is 0 Å². The number of aliphatic hydroxyl groups excluding tert-OH is 2. The average molecular weight is 255 g/mol. The van der Waals surface area contributed by atoms with Gasteiger partial charge in [-0.05, 0) is 0 Å². The predicted molar refractivity (Wildman–Crippen MR) is 56.3 cm³/mol. The third-order valence-electron chi connectivity index (χ3n) is 2.06. The average Bonchev–Trinajstić information content (AvgIpc) is 2.14. The molecule has 0 aromatic rings. The zero-order valence-corrected chi connectivity index (χ0v) is 9.99. The van der Waals surface area contributed by atoms with E-state index in [0.717, 1.165) is 0 Å². The van der Waals surface area contributed by atoms with Crippen molar-refractivity contribution in [2.45, 2.75) is 20.0 Å². The maximum absolute atomic E-state index is 11.3. The number of amides is 1. The number of aliphatic hydroxyl groups is 2. The van der Waals surface area contributed by atoms with E-state index >= 15 is 0 Å². The van der Waals surface area contributed by atoms with Gasteiger partial charge in [-0.15, -0.1) is 0 Å². The minimum Gasteiger partial charge on any atom is -0.396 e. The molecule has 4 N–H and O–H groups in total. The summed E-state index contributed by atoms with van der Waals surface area (Å²) in [4.78, 5) is 11.3. The van der Waals surface area contributed by atoms with Gasteiger partial charge in [0.1, 0.15) is 6.10 Å². The van der Waals surface area contributed by atoms with Crippen molar-refractivity contribution in [3.63, 3.8) is 0 Å². The molecule has 8 heteroatoms. The molecule has 1 atom stereocenters. The Morgan fingerprint density at radius 2 is 1.94 bits per heavy atom. The summed E-state index contributed by atoms with van der Waals surface area (Å²) in [6, 6.07) is 0. The van der Waals surface area contributed by atoms with Gasteiger partial charge < -0.3 is 15.5 Å². The van der Waals surface area contributed by atoms with E-state index in [2.05, 4.69) is 5.32 Å². The van der Waals surface area contributed by atoms with E-state index in [1.54, 1.807) is 0 Å². The van der Waals surface area contributed by atoms with E-state index in [-0.39, 0.29) is 13.2 Å². The van der Waals surface area contributed by atoms with Crippen LogP contribution in [0.25, 0.3) is 0 Å². The lowest BCUT2D eigenvalue weighted by atomic mass is 9.87. The summed E-state index contributed by atoms with van der Waals surface area (Å²) in [5, 5.41) is 20.5. The lowest BCUT2D eigenvalue weighted by Gasteiger charge is -2.26. The number of hydrogen-bond donors (Lipinski definition) is 4. The molecule has 0 aliphatic heterocycles. The molecule has 7 nitrogen and oxygen atoms in total. The van der Waals surface area contributed by atoms with E-state index in [0.29, 0.717) is 0 Å². The lowest BCUT2D eigenvalue weighted by Crippen LogP contribution is -2.46. The van der Waals surface area contributed by atoms with Gasteiger partial charge in [-0.3, -0.25) is 9.35 Å². The van der Waals surface area contributed by atoms with E-state index in [1.807, 2.05) is 0 Å². The summed E-state index contributed by atoms with van der Waals surface area (Å²) in [7, 11) is -4.13. The highest BCUT2D eigenvalue weighted by atomic mass is 32.2. The molecule has 0 aliphatic carbocycles. The van der Waals surface area contributed by atoms with Crippen molar-refractivity contribution in [1.29, 1.82) is 0 Å². The maximum atomic E-state index is 11.3. The van der Waals surface area contributed by atoms with Crippen molar-refractivity contribution < 1.29 is 28.0 Å². The van der Waals surface area contributed by atoms with Gasteiger partial charge in [0.05, 0.1) is 12.4 Å². The van der Waals surface area contributed by atoms with Crippen LogP contribution in [0.1, 0.15) is 13.8 Å². The van der Waals surface area contributed by atoms with Gasteiger partial charge in [0.25, 0.3) is 10.1 Å². The molecule has 1 amide bonds. The molecule has 0 saturated carbocycles. The number of rotatable bonds is 6. The molecule has 0 spiro atoms. The maximum Gasteiger partial charge on any atom is 0.266 e. The first-order valence-corrected chi connectivity index (χ1v) is 6.23. The molecular formula is C8H17NO6S. The van der Waals surface area contributed by atoms with Crippen LogP contribution in [0, 0.1) is 5.41 Å². The van der Waals surface area contributed by atoms with Crippen molar-refractivity contribution in [2.24, 2.45) is 5.41 Å². The fraction of sp³-hybridized carbons (Fsp3) is 0.875. The SMILES string of the molecule is CC(C)(CO)C(O)C(=O)NCCS(=O)(=O)O.